The van der Waals surface area contributed by atoms with Crippen molar-refractivity contribution in [2.45, 2.75) is 6.54 Å². The summed E-state index contributed by atoms with van der Waals surface area (Å²) in [5, 5.41) is 11.3. The number of hydrogen-bond acceptors (Lipinski definition) is 3. The molecule has 0 heterocycles. The van der Waals surface area contributed by atoms with E-state index in [0.717, 1.165) is 5.56 Å². The molecule has 0 aromatic heterocycles. The highest BCUT2D eigenvalue weighted by atomic mass is 35.5. The fourth-order valence-electron chi connectivity index (χ4n) is 1.03. The van der Waals surface area contributed by atoms with Gasteiger partial charge in [0.2, 0.25) is 0 Å². The molecule has 3 N–H and O–H groups in total. The molecule has 7 heteroatoms. The molecule has 0 bridgehead atoms. The largest absolute Gasteiger partial charge is 0.479 e. The number of urea groups is 1. The van der Waals surface area contributed by atoms with Crippen molar-refractivity contribution >= 4 is 23.6 Å². The van der Waals surface area contributed by atoms with E-state index in [2.05, 4.69) is 10.2 Å². The first-order valence-corrected chi connectivity index (χ1v) is 5.07. The molecule has 1 rings (SSSR count). The van der Waals surface area contributed by atoms with Crippen molar-refractivity contribution in [2.75, 3.05) is 6.61 Å². The van der Waals surface area contributed by atoms with E-state index >= 15 is 0 Å². The molecular formula is C10H11ClN2O4. The Kier molecular flexibility index (Phi) is 5.25. The normalized spacial score (nSPS) is 9.71. The third-order valence-corrected chi connectivity index (χ3v) is 1.94. The van der Waals surface area contributed by atoms with Crippen LogP contribution in [0.4, 0.5) is 4.79 Å². The molecule has 0 unspecified atom stereocenters. The first-order chi connectivity index (χ1) is 8.08. The van der Waals surface area contributed by atoms with Crippen molar-refractivity contribution in [3.63, 3.8) is 0 Å². The van der Waals surface area contributed by atoms with Crippen LogP contribution in [0.5, 0.6) is 0 Å². The van der Waals surface area contributed by atoms with E-state index in [1.165, 1.54) is 0 Å². The SMILES string of the molecule is O=C(O)CONC(=O)NCc1cccc(Cl)c1. The lowest BCUT2D eigenvalue weighted by Crippen LogP contribution is -2.36. The average molecular weight is 259 g/mol. The molecule has 0 aliphatic heterocycles. The van der Waals surface area contributed by atoms with Gasteiger partial charge in [-0.05, 0) is 17.7 Å². The number of hydroxylamine groups is 1. The first kappa shape index (κ1) is 13.3. The third kappa shape index (κ3) is 5.74. The second kappa shape index (κ2) is 6.72. The van der Waals surface area contributed by atoms with Crippen molar-refractivity contribution in [2.24, 2.45) is 0 Å². The summed E-state index contributed by atoms with van der Waals surface area (Å²) in [6.07, 6.45) is 0. The molecule has 0 aliphatic rings. The molecule has 0 atom stereocenters. The Labute approximate surface area is 102 Å². The molecule has 0 spiro atoms. The maximum Gasteiger partial charge on any atom is 0.338 e. The van der Waals surface area contributed by atoms with Crippen molar-refractivity contribution in [3.05, 3.63) is 34.9 Å². The van der Waals surface area contributed by atoms with Gasteiger partial charge in [0.05, 0.1) is 0 Å². The van der Waals surface area contributed by atoms with Gasteiger partial charge in [-0.3, -0.25) is 4.84 Å². The molecular weight excluding hydrogens is 248 g/mol. The Balaban J connectivity index is 2.26. The Bertz CT molecular complexity index is 411. The predicted octanol–water partition coefficient (Wildman–Crippen LogP) is 1.16. The lowest BCUT2D eigenvalue weighted by atomic mass is 10.2. The lowest BCUT2D eigenvalue weighted by Gasteiger charge is -2.06. The predicted molar refractivity (Wildman–Crippen MR) is 60.4 cm³/mol. The van der Waals surface area contributed by atoms with Crippen molar-refractivity contribution in [1.82, 2.24) is 10.8 Å². The summed E-state index contributed by atoms with van der Waals surface area (Å²) in [6.45, 7) is -0.326. The zero-order chi connectivity index (χ0) is 12.7. The van der Waals surface area contributed by atoms with Gasteiger partial charge in [0.1, 0.15) is 0 Å². The summed E-state index contributed by atoms with van der Waals surface area (Å²) in [5.74, 6) is -1.17. The fraction of sp³-hybridized carbons (Fsp3) is 0.200. The number of halogens is 1. The van der Waals surface area contributed by atoms with Crippen LogP contribution in [0.1, 0.15) is 5.56 Å². The van der Waals surface area contributed by atoms with Gasteiger partial charge >= 0.3 is 12.0 Å². The number of nitrogens with one attached hydrogen (secondary N) is 2. The molecule has 0 fully saturated rings. The summed E-state index contributed by atoms with van der Waals surface area (Å²) in [6, 6.07) is 6.37. The summed E-state index contributed by atoms with van der Waals surface area (Å²) in [5.41, 5.74) is 2.76. The number of carboxylic acid groups (broad SMARTS) is 1. The molecule has 0 radical (unpaired) electrons. The summed E-state index contributed by atoms with van der Waals surface area (Å²) in [4.78, 5) is 25.6. The van der Waals surface area contributed by atoms with Gasteiger partial charge in [-0.15, -0.1) is 0 Å². The minimum atomic E-state index is -1.17. The number of rotatable bonds is 5. The number of carboxylic acids is 1. The molecule has 6 nitrogen and oxygen atoms in total. The highest BCUT2D eigenvalue weighted by Crippen LogP contribution is 2.09. The zero-order valence-corrected chi connectivity index (χ0v) is 9.53. The molecule has 0 saturated carbocycles. The second-order valence-corrected chi connectivity index (χ2v) is 3.53. The van der Waals surface area contributed by atoms with Gasteiger partial charge < -0.3 is 10.4 Å². The van der Waals surface area contributed by atoms with E-state index in [9.17, 15) is 9.59 Å². The van der Waals surface area contributed by atoms with Gasteiger partial charge in [-0.1, -0.05) is 23.7 Å². The first-order valence-electron chi connectivity index (χ1n) is 4.70. The third-order valence-electron chi connectivity index (χ3n) is 1.70. The number of benzene rings is 1. The van der Waals surface area contributed by atoms with Crippen LogP contribution in [0.15, 0.2) is 24.3 Å². The van der Waals surface area contributed by atoms with Crippen LogP contribution in [0.2, 0.25) is 5.02 Å². The van der Waals surface area contributed by atoms with E-state index in [1.54, 1.807) is 24.3 Å². The van der Waals surface area contributed by atoms with Gasteiger partial charge in [0, 0.05) is 11.6 Å². The maximum atomic E-state index is 11.1. The molecule has 2 amide bonds. The Morgan fingerprint density at radius 3 is 2.82 bits per heavy atom. The van der Waals surface area contributed by atoms with Crippen LogP contribution in [0, 0.1) is 0 Å². The molecule has 0 aliphatic carbocycles. The monoisotopic (exact) mass is 258 g/mol. The maximum absolute atomic E-state index is 11.1. The fourth-order valence-corrected chi connectivity index (χ4v) is 1.24. The smallest absolute Gasteiger partial charge is 0.338 e. The molecule has 0 saturated heterocycles. The number of aliphatic carboxylic acids is 1. The Morgan fingerprint density at radius 1 is 1.41 bits per heavy atom. The van der Waals surface area contributed by atoms with Gasteiger partial charge in [-0.25, -0.2) is 15.1 Å². The van der Waals surface area contributed by atoms with E-state index in [-0.39, 0.29) is 6.54 Å². The number of carbonyl (C=O) groups excluding carboxylic acids is 1. The minimum Gasteiger partial charge on any atom is -0.479 e. The second-order valence-electron chi connectivity index (χ2n) is 3.10. The topological polar surface area (TPSA) is 87.7 Å². The van der Waals surface area contributed by atoms with Crippen LogP contribution >= 0.6 is 11.6 Å². The number of carbonyl (C=O) groups is 2. The average Bonchev–Trinajstić information content (AvgIpc) is 2.26. The van der Waals surface area contributed by atoms with Crippen molar-refractivity contribution in [3.8, 4) is 0 Å². The van der Waals surface area contributed by atoms with Crippen LogP contribution in [-0.2, 0) is 16.2 Å². The van der Waals surface area contributed by atoms with Crippen LogP contribution in [0.25, 0.3) is 0 Å². The van der Waals surface area contributed by atoms with E-state index in [4.69, 9.17) is 16.7 Å². The van der Waals surface area contributed by atoms with Gasteiger partial charge in [0.15, 0.2) is 6.61 Å². The zero-order valence-electron chi connectivity index (χ0n) is 8.77. The van der Waals surface area contributed by atoms with Crippen LogP contribution in [-0.4, -0.2) is 23.7 Å². The number of amides is 2. The standard InChI is InChI=1S/C10H11ClN2O4/c11-8-3-1-2-7(4-8)5-12-10(16)13-17-6-9(14)15/h1-4H,5-6H2,(H,14,15)(H2,12,13,16). The highest BCUT2D eigenvalue weighted by molar-refractivity contribution is 6.30. The van der Waals surface area contributed by atoms with E-state index < -0.39 is 18.6 Å². The summed E-state index contributed by atoms with van der Waals surface area (Å²) < 4.78 is 0. The van der Waals surface area contributed by atoms with E-state index in [0.29, 0.717) is 5.02 Å². The highest BCUT2D eigenvalue weighted by Gasteiger charge is 2.02. The molecule has 1 aromatic rings. The lowest BCUT2D eigenvalue weighted by molar-refractivity contribution is -0.144. The molecule has 92 valence electrons. The van der Waals surface area contributed by atoms with Crippen LogP contribution in [0.3, 0.4) is 0 Å². The van der Waals surface area contributed by atoms with Crippen molar-refractivity contribution < 1.29 is 19.5 Å². The van der Waals surface area contributed by atoms with Gasteiger partial charge in [0.25, 0.3) is 0 Å². The Morgan fingerprint density at radius 2 is 2.18 bits per heavy atom. The Hall–Kier alpha value is -1.79. The van der Waals surface area contributed by atoms with E-state index in [1.807, 2.05) is 5.48 Å². The summed E-state index contributed by atoms with van der Waals surface area (Å²) >= 11 is 5.76. The quantitative estimate of drug-likeness (QED) is 0.692. The molecule has 1 aromatic carbocycles. The molecule has 17 heavy (non-hydrogen) atoms. The number of hydrogen-bond donors (Lipinski definition) is 3. The van der Waals surface area contributed by atoms with Crippen molar-refractivity contribution in [1.29, 1.82) is 0 Å². The van der Waals surface area contributed by atoms with Crippen LogP contribution < -0.4 is 10.8 Å². The summed E-state index contributed by atoms with van der Waals surface area (Å²) in [7, 11) is 0. The minimum absolute atomic E-state index is 0.267. The van der Waals surface area contributed by atoms with Gasteiger partial charge in [-0.2, -0.15) is 0 Å².